The molecule has 0 unspecified atom stereocenters. The minimum Gasteiger partial charge on any atom is -0.492 e. The normalized spacial score (nSPS) is 13.1. The van der Waals surface area contributed by atoms with Crippen LogP contribution in [0.1, 0.15) is 12.5 Å². The maximum Gasteiger partial charge on any atom is 0.244 e. The van der Waals surface area contributed by atoms with Gasteiger partial charge in [-0.25, -0.2) is 13.1 Å². The topological polar surface area (TPSA) is 73.9 Å². The molecule has 2 aromatic rings. The number of fused-ring (bicyclic) bond motifs is 1. The summed E-state index contributed by atoms with van der Waals surface area (Å²) < 4.78 is 44.4. The van der Waals surface area contributed by atoms with Gasteiger partial charge in [0.05, 0.1) is 6.61 Å². The van der Waals surface area contributed by atoms with Crippen molar-refractivity contribution in [3.63, 3.8) is 0 Å². The molecule has 0 aliphatic carbocycles. The van der Waals surface area contributed by atoms with Crippen molar-refractivity contribution in [2.45, 2.75) is 18.4 Å². The van der Waals surface area contributed by atoms with Crippen LogP contribution in [0.4, 0.5) is 0 Å². The largest absolute Gasteiger partial charge is 0.492 e. The van der Waals surface area contributed by atoms with Gasteiger partial charge in [-0.1, -0.05) is 22.0 Å². The molecule has 1 N–H and O–H groups in total. The van der Waals surface area contributed by atoms with E-state index in [4.69, 9.17) is 14.2 Å². The molecular weight excluding hydrogens is 398 g/mol. The van der Waals surface area contributed by atoms with Crippen LogP contribution in [0.5, 0.6) is 17.2 Å². The molecule has 0 amide bonds. The third kappa shape index (κ3) is 3.66. The molecule has 0 fully saturated rings. The fourth-order valence-electron chi connectivity index (χ4n) is 2.27. The van der Waals surface area contributed by atoms with E-state index in [0.717, 1.165) is 5.56 Å². The van der Waals surface area contributed by atoms with Crippen LogP contribution in [-0.4, -0.2) is 21.8 Å². The summed E-state index contributed by atoms with van der Waals surface area (Å²) in [6.45, 7) is 2.50. The smallest absolute Gasteiger partial charge is 0.244 e. The molecule has 0 saturated carbocycles. The molecule has 0 aromatic heterocycles. The highest BCUT2D eigenvalue weighted by atomic mass is 79.9. The monoisotopic (exact) mass is 413 g/mol. The second kappa shape index (κ2) is 7.00. The number of nitrogens with one attached hydrogen (secondary N) is 1. The molecule has 0 spiro atoms. The highest BCUT2D eigenvalue weighted by Gasteiger charge is 2.21. The first-order chi connectivity index (χ1) is 11.5. The summed E-state index contributed by atoms with van der Waals surface area (Å²) >= 11 is 3.29. The zero-order chi connectivity index (χ0) is 17.2. The van der Waals surface area contributed by atoms with E-state index in [2.05, 4.69) is 20.7 Å². The number of benzene rings is 2. The first-order valence-corrected chi connectivity index (χ1v) is 9.58. The summed E-state index contributed by atoms with van der Waals surface area (Å²) in [5.41, 5.74) is 0.774. The maximum atomic E-state index is 12.6. The van der Waals surface area contributed by atoms with Gasteiger partial charge in [-0.15, -0.1) is 0 Å². The summed E-state index contributed by atoms with van der Waals surface area (Å²) in [5, 5.41) is 0. The molecule has 8 heteroatoms. The van der Waals surface area contributed by atoms with Gasteiger partial charge in [-0.3, -0.25) is 0 Å². The van der Waals surface area contributed by atoms with E-state index in [9.17, 15) is 8.42 Å². The SMILES string of the molecule is CCOc1ccc(Br)cc1S(=O)(=O)NCc1ccc2c(c1)OCO2. The molecular formula is C16H16BrNO5S. The molecule has 3 rings (SSSR count). The van der Waals surface area contributed by atoms with Gasteiger partial charge >= 0.3 is 0 Å². The lowest BCUT2D eigenvalue weighted by Gasteiger charge is -2.12. The van der Waals surface area contributed by atoms with Gasteiger partial charge in [0, 0.05) is 11.0 Å². The predicted octanol–water partition coefficient (Wildman–Crippen LogP) is 3.06. The van der Waals surface area contributed by atoms with Crippen molar-refractivity contribution in [1.29, 1.82) is 0 Å². The lowest BCUT2D eigenvalue weighted by molar-refractivity contribution is 0.174. The van der Waals surface area contributed by atoms with E-state index in [1.165, 1.54) is 6.07 Å². The van der Waals surface area contributed by atoms with E-state index in [0.29, 0.717) is 28.3 Å². The molecule has 0 saturated heterocycles. The van der Waals surface area contributed by atoms with Crippen LogP contribution < -0.4 is 18.9 Å². The number of hydrogen-bond donors (Lipinski definition) is 1. The average Bonchev–Trinajstić information content (AvgIpc) is 3.02. The molecule has 1 heterocycles. The van der Waals surface area contributed by atoms with Gasteiger partial charge in [0.1, 0.15) is 10.6 Å². The summed E-state index contributed by atoms with van der Waals surface area (Å²) in [7, 11) is -3.72. The van der Waals surface area contributed by atoms with E-state index < -0.39 is 10.0 Å². The molecule has 0 radical (unpaired) electrons. The third-order valence-corrected chi connectivity index (χ3v) is 5.31. The Morgan fingerprint density at radius 2 is 1.96 bits per heavy atom. The van der Waals surface area contributed by atoms with E-state index in [-0.39, 0.29) is 18.2 Å². The fourth-order valence-corrected chi connectivity index (χ4v) is 3.97. The van der Waals surface area contributed by atoms with Crippen LogP contribution >= 0.6 is 15.9 Å². The van der Waals surface area contributed by atoms with Gasteiger partial charge in [0.2, 0.25) is 16.8 Å². The Bertz CT molecular complexity index is 854. The summed E-state index contributed by atoms with van der Waals surface area (Å²) in [6.07, 6.45) is 0. The lowest BCUT2D eigenvalue weighted by Crippen LogP contribution is -2.24. The van der Waals surface area contributed by atoms with Crippen molar-refractivity contribution in [2.75, 3.05) is 13.4 Å². The Hall–Kier alpha value is -1.77. The number of rotatable bonds is 6. The summed E-state index contributed by atoms with van der Waals surface area (Å²) in [5.74, 6) is 1.59. The molecule has 128 valence electrons. The minimum absolute atomic E-state index is 0.0967. The van der Waals surface area contributed by atoms with Crippen LogP contribution in [0.3, 0.4) is 0 Å². The Morgan fingerprint density at radius 1 is 1.17 bits per heavy atom. The minimum atomic E-state index is -3.72. The van der Waals surface area contributed by atoms with Crippen LogP contribution in [-0.2, 0) is 16.6 Å². The number of hydrogen-bond acceptors (Lipinski definition) is 5. The van der Waals surface area contributed by atoms with Crippen LogP contribution in [0, 0.1) is 0 Å². The van der Waals surface area contributed by atoms with E-state index >= 15 is 0 Å². The highest BCUT2D eigenvalue weighted by molar-refractivity contribution is 9.10. The molecule has 6 nitrogen and oxygen atoms in total. The Balaban J connectivity index is 1.80. The van der Waals surface area contributed by atoms with Gasteiger partial charge in [-0.05, 0) is 42.8 Å². The van der Waals surface area contributed by atoms with Gasteiger partial charge in [0.15, 0.2) is 11.5 Å². The van der Waals surface area contributed by atoms with Gasteiger partial charge in [0.25, 0.3) is 0 Å². The summed E-state index contributed by atoms with van der Waals surface area (Å²) in [4.78, 5) is 0.0967. The first kappa shape index (κ1) is 17.1. The van der Waals surface area contributed by atoms with Crippen molar-refractivity contribution in [3.8, 4) is 17.2 Å². The van der Waals surface area contributed by atoms with Crippen molar-refractivity contribution >= 4 is 26.0 Å². The van der Waals surface area contributed by atoms with Crippen molar-refractivity contribution < 1.29 is 22.6 Å². The molecule has 0 bridgehead atoms. The Labute approximate surface area is 148 Å². The molecule has 1 aliphatic heterocycles. The number of ether oxygens (including phenoxy) is 3. The van der Waals surface area contributed by atoms with E-state index in [1.54, 1.807) is 37.3 Å². The number of sulfonamides is 1. The second-order valence-corrected chi connectivity index (χ2v) is 7.69. The zero-order valence-corrected chi connectivity index (χ0v) is 15.3. The maximum absolute atomic E-state index is 12.6. The quantitative estimate of drug-likeness (QED) is 0.787. The van der Waals surface area contributed by atoms with Crippen molar-refractivity contribution in [3.05, 3.63) is 46.4 Å². The van der Waals surface area contributed by atoms with Crippen LogP contribution in [0.15, 0.2) is 45.8 Å². The lowest BCUT2D eigenvalue weighted by atomic mass is 10.2. The second-order valence-electron chi connectivity index (χ2n) is 5.04. The van der Waals surface area contributed by atoms with Gasteiger partial charge in [-0.2, -0.15) is 0 Å². The van der Waals surface area contributed by atoms with E-state index in [1.807, 2.05) is 0 Å². The fraction of sp³-hybridized carbons (Fsp3) is 0.250. The van der Waals surface area contributed by atoms with Crippen molar-refractivity contribution in [2.24, 2.45) is 0 Å². The zero-order valence-electron chi connectivity index (χ0n) is 12.9. The first-order valence-electron chi connectivity index (χ1n) is 7.30. The molecule has 2 aromatic carbocycles. The summed E-state index contributed by atoms with van der Waals surface area (Å²) in [6, 6.07) is 10.2. The highest BCUT2D eigenvalue weighted by Crippen LogP contribution is 2.33. The average molecular weight is 414 g/mol. The molecule has 24 heavy (non-hydrogen) atoms. The Kier molecular flexibility index (Phi) is 4.98. The van der Waals surface area contributed by atoms with Gasteiger partial charge < -0.3 is 14.2 Å². The van der Waals surface area contributed by atoms with Crippen molar-refractivity contribution in [1.82, 2.24) is 4.72 Å². The molecule has 0 atom stereocenters. The predicted molar refractivity (Wildman–Crippen MR) is 91.9 cm³/mol. The molecule has 1 aliphatic rings. The standard InChI is InChI=1S/C16H16BrNO5S/c1-2-21-14-6-4-12(17)8-16(14)24(19,20)18-9-11-3-5-13-15(7-11)23-10-22-13/h3-8,18H,2,9-10H2,1H3. The van der Waals surface area contributed by atoms with Crippen LogP contribution in [0.25, 0.3) is 0 Å². The Morgan fingerprint density at radius 3 is 2.75 bits per heavy atom. The number of halogens is 1. The van der Waals surface area contributed by atoms with Crippen LogP contribution in [0.2, 0.25) is 0 Å². The third-order valence-electron chi connectivity index (χ3n) is 3.40.